The van der Waals surface area contributed by atoms with Crippen LogP contribution in [0.3, 0.4) is 0 Å². The molecule has 0 radical (unpaired) electrons. The van der Waals surface area contributed by atoms with Crippen LogP contribution in [0.15, 0.2) is 24.3 Å². The van der Waals surface area contributed by atoms with Gasteiger partial charge < -0.3 is 14.8 Å². The molecular weight excluding hydrogens is 370 g/mol. The number of para-hydroxylation sites is 1. The van der Waals surface area contributed by atoms with Crippen molar-refractivity contribution in [3.05, 3.63) is 24.3 Å². The average molecular weight is 399 g/mol. The first-order valence-electron chi connectivity index (χ1n) is 10.5. The van der Waals surface area contributed by atoms with Gasteiger partial charge in [-0.2, -0.15) is 5.21 Å². The molecule has 1 saturated carbocycles. The zero-order valence-corrected chi connectivity index (χ0v) is 17.0. The van der Waals surface area contributed by atoms with E-state index < -0.39 is 0 Å². The lowest BCUT2D eigenvalue weighted by Gasteiger charge is -2.41. The van der Waals surface area contributed by atoms with Crippen molar-refractivity contribution in [2.24, 2.45) is 17.8 Å². The first-order valence-corrected chi connectivity index (χ1v) is 10.5. The molecule has 4 atom stereocenters. The molecule has 8 nitrogen and oxygen atoms in total. The second-order valence-electron chi connectivity index (χ2n) is 8.53. The Balaban J connectivity index is 1.38. The normalized spacial score (nSPS) is 26.7. The highest BCUT2D eigenvalue weighted by Gasteiger charge is 2.39. The second-order valence-corrected chi connectivity index (χ2v) is 8.53. The lowest BCUT2D eigenvalue weighted by Crippen LogP contribution is -2.51. The van der Waals surface area contributed by atoms with Crippen molar-refractivity contribution in [1.82, 2.24) is 25.9 Å². The number of nitrogens with zero attached hydrogens (tertiary/aromatic N) is 3. The summed E-state index contributed by atoms with van der Waals surface area (Å²) in [7, 11) is 0. The molecule has 1 aromatic heterocycles. The van der Waals surface area contributed by atoms with Crippen molar-refractivity contribution < 1.29 is 14.3 Å². The van der Waals surface area contributed by atoms with Crippen LogP contribution in [0.5, 0.6) is 5.75 Å². The number of tetrazole rings is 1. The standard InChI is InChI=1S/C21H29N5O3/c1-13(2)12-28-21(27)18-10-15-9-16(8-7-14(15)11-22-18)29-19-6-4-3-5-17(19)20-23-25-26-24-20/h3-6,13-16,18,22H,7-12H2,1-2H3,(H,23,24,25,26)/t14-,15+,16+,18+/m0/s1. The van der Waals surface area contributed by atoms with E-state index in [1.807, 2.05) is 38.1 Å². The minimum atomic E-state index is -0.208. The topological polar surface area (TPSA) is 102 Å². The lowest BCUT2D eigenvalue weighted by atomic mass is 9.72. The molecule has 2 aliphatic rings. The van der Waals surface area contributed by atoms with Gasteiger partial charge in [0, 0.05) is 0 Å². The molecule has 8 heteroatoms. The zero-order chi connectivity index (χ0) is 20.2. The Morgan fingerprint density at radius 2 is 2.07 bits per heavy atom. The lowest BCUT2D eigenvalue weighted by molar-refractivity contribution is -0.149. The van der Waals surface area contributed by atoms with E-state index in [4.69, 9.17) is 9.47 Å². The zero-order valence-electron chi connectivity index (χ0n) is 17.0. The summed E-state index contributed by atoms with van der Waals surface area (Å²) in [6.07, 6.45) is 3.98. The van der Waals surface area contributed by atoms with Crippen molar-refractivity contribution >= 4 is 5.97 Å². The number of carbonyl (C=O) groups excluding carboxylic acids is 1. The van der Waals surface area contributed by atoms with Gasteiger partial charge in [-0.25, -0.2) is 0 Å². The number of aromatic amines is 1. The third-order valence-corrected chi connectivity index (χ3v) is 5.87. The molecule has 29 heavy (non-hydrogen) atoms. The fourth-order valence-corrected chi connectivity index (χ4v) is 4.37. The van der Waals surface area contributed by atoms with Crippen LogP contribution in [0.25, 0.3) is 11.4 Å². The molecule has 1 aromatic carbocycles. The first kappa shape index (κ1) is 19.8. The minimum Gasteiger partial charge on any atom is -0.490 e. The molecule has 2 aromatic rings. The van der Waals surface area contributed by atoms with Crippen LogP contribution in [0.2, 0.25) is 0 Å². The highest BCUT2D eigenvalue weighted by atomic mass is 16.5. The number of aromatic nitrogens is 4. The maximum absolute atomic E-state index is 12.4. The molecule has 2 fully saturated rings. The summed E-state index contributed by atoms with van der Waals surface area (Å²) < 4.78 is 11.8. The SMILES string of the molecule is CC(C)COC(=O)[C@H]1C[C@H]2C[C@H](Oc3ccccc3-c3nn[nH]n3)CC[C@H]2CN1. The number of benzene rings is 1. The van der Waals surface area contributed by atoms with Gasteiger partial charge in [-0.1, -0.05) is 26.0 Å². The third kappa shape index (κ3) is 4.75. The smallest absolute Gasteiger partial charge is 0.323 e. The van der Waals surface area contributed by atoms with Gasteiger partial charge in [0.25, 0.3) is 0 Å². The maximum Gasteiger partial charge on any atom is 0.323 e. The molecule has 4 rings (SSSR count). The van der Waals surface area contributed by atoms with Crippen LogP contribution in [0, 0.1) is 17.8 Å². The third-order valence-electron chi connectivity index (χ3n) is 5.87. The van der Waals surface area contributed by atoms with Crippen molar-refractivity contribution in [3.8, 4) is 17.1 Å². The van der Waals surface area contributed by atoms with Crippen LogP contribution in [-0.2, 0) is 9.53 Å². The van der Waals surface area contributed by atoms with Gasteiger partial charge in [0.15, 0.2) is 0 Å². The Morgan fingerprint density at radius 1 is 1.21 bits per heavy atom. The Kier molecular flexibility index (Phi) is 6.08. The van der Waals surface area contributed by atoms with Crippen LogP contribution in [0.4, 0.5) is 0 Å². The summed E-state index contributed by atoms with van der Waals surface area (Å²) in [5.74, 6) is 2.59. The van der Waals surface area contributed by atoms with Gasteiger partial charge in [-0.15, -0.1) is 10.2 Å². The van der Waals surface area contributed by atoms with Crippen molar-refractivity contribution in [2.75, 3.05) is 13.2 Å². The van der Waals surface area contributed by atoms with Gasteiger partial charge in [-0.05, 0) is 67.3 Å². The monoisotopic (exact) mass is 399 g/mol. The fraction of sp³-hybridized carbons (Fsp3) is 0.619. The van der Waals surface area contributed by atoms with Gasteiger partial charge >= 0.3 is 5.97 Å². The summed E-state index contributed by atoms with van der Waals surface area (Å²) in [6, 6.07) is 7.58. The summed E-state index contributed by atoms with van der Waals surface area (Å²) in [4.78, 5) is 12.4. The predicted octanol–water partition coefficient (Wildman–Crippen LogP) is 2.59. The van der Waals surface area contributed by atoms with E-state index in [0.717, 1.165) is 43.5 Å². The van der Waals surface area contributed by atoms with E-state index in [2.05, 4.69) is 25.9 Å². The Hall–Kier alpha value is -2.48. The average Bonchev–Trinajstić information content (AvgIpc) is 3.26. The first-order chi connectivity index (χ1) is 14.1. The number of hydrogen-bond acceptors (Lipinski definition) is 7. The van der Waals surface area contributed by atoms with Gasteiger partial charge in [-0.3, -0.25) is 4.79 Å². The molecule has 1 aliphatic carbocycles. The van der Waals surface area contributed by atoms with E-state index in [9.17, 15) is 4.79 Å². The Bertz CT molecular complexity index is 810. The van der Waals surface area contributed by atoms with E-state index in [1.54, 1.807) is 0 Å². The minimum absolute atomic E-state index is 0.120. The number of hydrogen-bond donors (Lipinski definition) is 2. The van der Waals surface area contributed by atoms with Crippen molar-refractivity contribution in [1.29, 1.82) is 0 Å². The van der Waals surface area contributed by atoms with E-state index in [0.29, 0.717) is 30.2 Å². The highest BCUT2D eigenvalue weighted by molar-refractivity contribution is 5.76. The van der Waals surface area contributed by atoms with Crippen LogP contribution >= 0.6 is 0 Å². The number of fused-ring (bicyclic) bond motifs is 1. The van der Waals surface area contributed by atoms with E-state index >= 15 is 0 Å². The largest absolute Gasteiger partial charge is 0.490 e. The number of piperidine rings is 1. The summed E-state index contributed by atoms with van der Waals surface area (Å²) in [5.41, 5.74) is 0.837. The second kappa shape index (κ2) is 8.90. The maximum atomic E-state index is 12.4. The molecule has 1 saturated heterocycles. The molecule has 0 spiro atoms. The number of H-pyrrole nitrogens is 1. The van der Waals surface area contributed by atoms with E-state index in [-0.39, 0.29) is 18.1 Å². The summed E-state index contributed by atoms with van der Waals surface area (Å²) in [5, 5.41) is 17.7. The van der Waals surface area contributed by atoms with Gasteiger partial charge in [0.05, 0.1) is 18.3 Å². The number of carbonyl (C=O) groups is 1. The fourth-order valence-electron chi connectivity index (χ4n) is 4.37. The van der Waals surface area contributed by atoms with Crippen LogP contribution in [-0.4, -0.2) is 51.9 Å². The summed E-state index contributed by atoms with van der Waals surface area (Å²) in [6.45, 7) is 5.45. The molecule has 1 aliphatic heterocycles. The molecule has 0 unspecified atom stereocenters. The van der Waals surface area contributed by atoms with Crippen LogP contribution < -0.4 is 10.1 Å². The molecule has 0 bridgehead atoms. The summed E-state index contributed by atoms with van der Waals surface area (Å²) >= 11 is 0. The highest BCUT2D eigenvalue weighted by Crippen LogP contribution is 2.38. The van der Waals surface area contributed by atoms with Crippen molar-refractivity contribution in [2.45, 2.75) is 51.7 Å². The number of rotatable bonds is 6. The Morgan fingerprint density at radius 3 is 2.86 bits per heavy atom. The van der Waals surface area contributed by atoms with Gasteiger partial charge in [0.2, 0.25) is 5.82 Å². The predicted molar refractivity (Wildman–Crippen MR) is 107 cm³/mol. The number of nitrogens with one attached hydrogen (secondary N) is 2. The number of ether oxygens (including phenoxy) is 2. The molecule has 0 amide bonds. The van der Waals surface area contributed by atoms with E-state index in [1.165, 1.54) is 0 Å². The van der Waals surface area contributed by atoms with Crippen LogP contribution in [0.1, 0.15) is 39.5 Å². The number of esters is 1. The van der Waals surface area contributed by atoms with Crippen molar-refractivity contribution in [3.63, 3.8) is 0 Å². The quantitative estimate of drug-likeness (QED) is 0.720. The molecule has 2 heterocycles. The Labute approximate surface area is 170 Å². The molecule has 2 N–H and O–H groups in total. The molecule has 156 valence electrons. The van der Waals surface area contributed by atoms with Gasteiger partial charge in [0.1, 0.15) is 11.8 Å². The molecular formula is C21H29N5O3.